The Balaban J connectivity index is 1.57. The van der Waals surface area contributed by atoms with Crippen molar-refractivity contribution >= 4 is 5.65 Å². The minimum atomic E-state index is 0.658. The van der Waals surface area contributed by atoms with E-state index in [2.05, 4.69) is 19.6 Å². The lowest BCUT2D eigenvalue weighted by Gasteiger charge is -2.22. The maximum atomic E-state index is 5.56. The molecule has 1 aliphatic heterocycles. The second kappa shape index (κ2) is 5.88. The Morgan fingerprint density at radius 1 is 1.23 bits per heavy atom. The van der Waals surface area contributed by atoms with Gasteiger partial charge in [0.2, 0.25) is 0 Å². The van der Waals surface area contributed by atoms with Crippen LogP contribution in [-0.2, 0) is 11.3 Å². The number of rotatable bonds is 4. The normalized spacial score (nSPS) is 18.8. The van der Waals surface area contributed by atoms with Gasteiger partial charge in [0.1, 0.15) is 5.82 Å². The summed E-state index contributed by atoms with van der Waals surface area (Å²) in [6.45, 7) is 2.76. The highest BCUT2D eigenvalue weighted by molar-refractivity contribution is 5.72. The SMILES string of the molecule is c1cnc2c(-c3nccn3CCC3CCCOC3)cnn2c1. The Kier molecular flexibility index (Phi) is 3.60. The summed E-state index contributed by atoms with van der Waals surface area (Å²) >= 11 is 0. The predicted molar refractivity (Wildman–Crippen MR) is 82.4 cm³/mol. The van der Waals surface area contributed by atoms with Gasteiger partial charge in [0.25, 0.3) is 0 Å². The van der Waals surface area contributed by atoms with Crippen LogP contribution in [0, 0.1) is 5.92 Å². The van der Waals surface area contributed by atoms with Crippen LogP contribution in [0.15, 0.2) is 37.1 Å². The molecular weight excluding hydrogens is 278 g/mol. The molecule has 0 aromatic carbocycles. The zero-order chi connectivity index (χ0) is 14.8. The van der Waals surface area contributed by atoms with Gasteiger partial charge in [0.05, 0.1) is 11.8 Å². The Bertz CT molecular complexity index is 757. The highest BCUT2D eigenvalue weighted by Crippen LogP contribution is 2.23. The first-order valence-corrected chi connectivity index (χ1v) is 7.79. The molecule has 0 N–H and O–H groups in total. The number of aromatic nitrogens is 5. The number of hydrogen-bond donors (Lipinski definition) is 0. The zero-order valence-electron chi connectivity index (χ0n) is 12.4. The first-order valence-electron chi connectivity index (χ1n) is 7.79. The fourth-order valence-corrected chi connectivity index (χ4v) is 3.08. The molecule has 0 aliphatic carbocycles. The molecule has 6 nitrogen and oxygen atoms in total. The van der Waals surface area contributed by atoms with Crippen LogP contribution in [0.5, 0.6) is 0 Å². The lowest BCUT2D eigenvalue weighted by Crippen LogP contribution is -2.19. The maximum Gasteiger partial charge on any atom is 0.165 e. The van der Waals surface area contributed by atoms with Crippen molar-refractivity contribution in [3.05, 3.63) is 37.1 Å². The molecule has 4 heterocycles. The van der Waals surface area contributed by atoms with Crippen LogP contribution in [0.2, 0.25) is 0 Å². The molecule has 1 saturated heterocycles. The summed E-state index contributed by atoms with van der Waals surface area (Å²) in [5, 5.41) is 4.35. The van der Waals surface area contributed by atoms with Crippen LogP contribution in [-0.4, -0.2) is 37.4 Å². The van der Waals surface area contributed by atoms with E-state index in [4.69, 9.17) is 4.74 Å². The Morgan fingerprint density at radius 3 is 3.14 bits per heavy atom. The Labute approximate surface area is 128 Å². The minimum Gasteiger partial charge on any atom is -0.381 e. The van der Waals surface area contributed by atoms with E-state index in [1.54, 1.807) is 10.7 Å². The number of ether oxygens (including phenoxy) is 1. The summed E-state index contributed by atoms with van der Waals surface area (Å²) in [7, 11) is 0. The molecule has 1 fully saturated rings. The number of aryl methyl sites for hydroxylation is 1. The smallest absolute Gasteiger partial charge is 0.165 e. The van der Waals surface area contributed by atoms with Crippen molar-refractivity contribution in [2.75, 3.05) is 13.2 Å². The largest absolute Gasteiger partial charge is 0.381 e. The van der Waals surface area contributed by atoms with E-state index in [1.807, 2.05) is 30.9 Å². The third kappa shape index (κ3) is 2.50. The first-order chi connectivity index (χ1) is 10.9. The summed E-state index contributed by atoms with van der Waals surface area (Å²) in [6.07, 6.45) is 13.0. The average Bonchev–Trinajstić information content (AvgIpc) is 3.20. The second-order valence-corrected chi connectivity index (χ2v) is 5.76. The van der Waals surface area contributed by atoms with Crippen molar-refractivity contribution in [1.29, 1.82) is 0 Å². The Hall–Kier alpha value is -2.21. The molecule has 0 bridgehead atoms. The molecule has 1 atom stereocenters. The molecule has 4 rings (SSSR count). The molecule has 0 amide bonds. The summed E-state index contributed by atoms with van der Waals surface area (Å²) in [4.78, 5) is 8.93. The molecule has 114 valence electrons. The predicted octanol–water partition coefficient (Wildman–Crippen LogP) is 2.41. The van der Waals surface area contributed by atoms with Crippen molar-refractivity contribution < 1.29 is 4.74 Å². The molecular formula is C16H19N5O. The van der Waals surface area contributed by atoms with Gasteiger partial charge in [0.15, 0.2) is 5.65 Å². The standard InChI is InChI=1S/C16H19N5O/c1-3-13(12-22-10-1)4-8-20-9-6-18-15(20)14-11-19-21-7-2-5-17-16(14)21/h2,5-7,9,11,13H,1,3-4,8,10,12H2. The van der Waals surface area contributed by atoms with Gasteiger partial charge in [-0.3, -0.25) is 0 Å². The molecule has 0 saturated carbocycles. The van der Waals surface area contributed by atoms with E-state index in [0.717, 1.165) is 43.2 Å². The number of nitrogens with zero attached hydrogens (tertiary/aromatic N) is 5. The van der Waals surface area contributed by atoms with E-state index >= 15 is 0 Å². The highest BCUT2D eigenvalue weighted by Gasteiger charge is 2.16. The summed E-state index contributed by atoms with van der Waals surface area (Å²) in [5.41, 5.74) is 1.82. The molecule has 6 heteroatoms. The average molecular weight is 297 g/mol. The maximum absolute atomic E-state index is 5.56. The van der Waals surface area contributed by atoms with Crippen LogP contribution < -0.4 is 0 Å². The van der Waals surface area contributed by atoms with Crippen LogP contribution in [0.4, 0.5) is 0 Å². The van der Waals surface area contributed by atoms with Crippen LogP contribution in [0.25, 0.3) is 17.0 Å². The summed E-state index contributed by atoms with van der Waals surface area (Å²) in [6, 6.07) is 1.87. The Morgan fingerprint density at radius 2 is 2.23 bits per heavy atom. The molecule has 1 aliphatic rings. The lowest BCUT2D eigenvalue weighted by molar-refractivity contribution is 0.0501. The molecule has 1 unspecified atom stereocenters. The zero-order valence-corrected chi connectivity index (χ0v) is 12.4. The number of fused-ring (bicyclic) bond motifs is 1. The van der Waals surface area contributed by atoms with Gasteiger partial charge >= 0.3 is 0 Å². The molecule has 3 aromatic rings. The van der Waals surface area contributed by atoms with Crippen molar-refractivity contribution in [3.8, 4) is 11.4 Å². The summed E-state index contributed by atoms with van der Waals surface area (Å²) in [5.74, 6) is 1.59. The van der Waals surface area contributed by atoms with Gasteiger partial charge in [-0.25, -0.2) is 14.5 Å². The van der Waals surface area contributed by atoms with E-state index < -0.39 is 0 Å². The van der Waals surface area contributed by atoms with Gasteiger partial charge in [-0.05, 0) is 31.2 Å². The van der Waals surface area contributed by atoms with Crippen molar-refractivity contribution in [2.24, 2.45) is 5.92 Å². The third-order valence-corrected chi connectivity index (χ3v) is 4.27. The van der Waals surface area contributed by atoms with Crippen molar-refractivity contribution in [1.82, 2.24) is 24.1 Å². The van der Waals surface area contributed by atoms with E-state index in [0.29, 0.717) is 5.92 Å². The van der Waals surface area contributed by atoms with Crippen LogP contribution in [0.1, 0.15) is 19.3 Å². The lowest BCUT2D eigenvalue weighted by atomic mass is 9.99. The van der Waals surface area contributed by atoms with Gasteiger partial charge in [-0.1, -0.05) is 0 Å². The quantitative estimate of drug-likeness (QED) is 0.742. The van der Waals surface area contributed by atoms with Gasteiger partial charge in [-0.2, -0.15) is 5.10 Å². The fourth-order valence-electron chi connectivity index (χ4n) is 3.08. The van der Waals surface area contributed by atoms with E-state index in [-0.39, 0.29) is 0 Å². The van der Waals surface area contributed by atoms with Gasteiger partial charge in [0, 0.05) is 44.5 Å². The second-order valence-electron chi connectivity index (χ2n) is 5.76. The van der Waals surface area contributed by atoms with Crippen LogP contribution in [0.3, 0.4) is 0 Å². The van der Waals surface area contributed by atoms with Crippen molar-refractivity contribution in [2.45, 2.75) is 25.8 Å². The van der Waals surface area contributed by atoms with E-state index in [9.17, 15) is 0 Å². The third-order valence-electron chi connectivity index (χ3n) is 4.27. The molecule has 3 aromatic heterocycles. The van der Waals surface area contributed by atoms with E-state index in [1.165, 1.54) is 12.8 Å². The number of hydrogen-bond acceptors (Lipinski definition) is 4. The fraction of sp³-hybridized carbons (Fsp3) is 0.438. The highest BCUT2D eigenvalue weighted by atomic mass is 16.5. The molecule has 22 heavy (non-hydrogen) atoms. The van der Waals surface area contributed by atoms with Gasteiger partial charge in [-0.15, -0.1) is 0 Å². The molecule has 0 radical (unpaired) electrons. The van der Waals surface area contributed by atoms with Crippen LogP contribution >= 0.6 is 0 Å². The monoisotopic (exact) mass is 297 g/mol. The summed E-state index contributed by atoms with van der Waals surface area (Å²) < 4.78 is 9.54. The molecule has 0 spiro atoms. The first kappa shape index (κ1) is 13.5. The van der Waals surface area contributed by atoms with Gasteiger partial charge < -0.3 is 9.30 Å². The topological polar surface area (TPSA) is 57.2 Å². The number of imidazole rings is 1. The van der Waals surface area contributed by atoms with Crippen molar-refractivity contribution in [3.63, 3.8) is 0 Å². The minimum absolute atomic E-state index is 0.658.